The van der Waals surface area contributed by atoms with E-state index in [4.69, 9.17) is 28.4 Å². The standard InChI is InChI=1S/3C28H54O4/c1-5-9-11-13-15-17-19-23-31-27(29)25(7-3)21-22-26(8-4)28(30)32-24-20-18-16-14-12-10-6-2;1-4-7-9-11-13-15-20-24-31-27(29)23-19-17-18-22-26(6-3)28(30)32-25-21-16-14-12-10-8-5-2;1-3-5-7-9-13-17-21-25-31-27(29)23-19-15-11-12-16-20-24-28(30)32-26-22-18-14-10-8-6-4-2/h25-26H,5-24H2,1-4H3;26H,4-25H2,1-3H3;3-26H2,1-2H3. The molecule has 0 spiro atoms. The van der Waals surface area contributed by atoms with E-state index in [0.717, 1.165) is 148 Å². The summed E-state index contributed by atoms with van der Waals surface area (Å²) in [6.07, 6.45) is 66.8. The zero-order valence-corrected chi connectivity index (χ0v) is 65.3. The maximum Gasteiger partial charge on any atom is 0.308 e. The normalized spacial score (nSPS) is 12.0. The molecule has 96 heavy (non-hydrogen) atoms. The van der Waals surface area contributed by atoms with Crippen LogP contribution in [0.4, 0.5) is 0 Å². The maximum absolute atomic E-state index is 12.4. The van der Waals surface area contributed by atoms with Crippen molar-refractivity contribution in [3.8, 4) is 0 Å². The monoisotopic (exact) mass is 1360 g/mol. The highest BCUT2D eigenvalue weighted by Crippen LogP contribution is 2.23. The van der Waals surface area contributed by atoms with Gasteiger partial charge in [-0.1, -0.05) is 332 Å². The van der Waals surface area contributed by atoms with E-state index in [2.05, 4.69) is 48.5 Å². The van der Waals surface area contributed by atoms with Gasteiger partial charge in [0.2, 0.25) is 0 Å². The Morgan fingerprint density at radius 3 is 0.562 bits per heavy atom. The molecule has 0 N–H and O–H groups in total. The Balaban J connectivity index is -0.00000135. The minimum atomic E-state index is -0.107. The zero-order valence-electron chi connectivity index (χ0n) is 65.3. The van der Waals surface area contributed by atoms with Crippen molar-refractivity contribution in [2.75, 3.05) is 39.6 Å². The first-order chi connectivity index (χ1) is 47.0. The van der Waals surface area contributed by atoms with Crippen LogP contribution in [-0.2, 0) is 57.2 Å². The Kier molecular flexibility index (Phi) is 83.3. The van der Waals surface area contributed by atoms with Crippen molar-refractivity contribution in [3.63, 3.8) is 0 Å². The minimum Gasteiger partial charge on any atom is -0.466 e. The second-order valence-corrected chi connectivity index (χ2v) is 28.0. The van der Waals surface area contributed by atoms with Gasteiger partial charge in [-0.2, -0.15) is 0 Å². The Hall–Kier alpha value is -3.18. The minimum absolute atomic E-state index is 0.00355. The number of ether oxygens (including phenoxy) is 6. The van der Waals surface area contributed by atoms with E-state index < -0.39 is 0 Å². The molecule has 0 rings (SSSR count). The smallest absolute Gasteiger partial charge is 0.308 e. The van der Waals surface area contributed by atoms with E-state index in [9.17, 15) is 28.8 Å². The average Bonchev–Trinajstić information content (AvgIpc) is 2.08. The van der Waals surface area contributed by atoms with Crippen LogP contribution in [0, 0.1) is 17.8 Å². The molecule has 0 heterocycles. The quantitative estimate of drug-likeness (QED) is 0.0323. The molecule has 0 aromatic heterocycles. The Labute approximate surface area is 595 Å². The first-order valence-corrected chi connectivity index (χ1v) is 41.9. The molecule has 0 aliphatic carbocycles. The summed E-state index contributed by atoms with van der Waals surface area (Å²) >= 11 is 0. The lowest BCUT2D eigenvalue weighted by Crippen LogP contribution is -2.22. The van der Waals surface area contributed by atoms with Crippen LogP contribution in [0.3, 0.4) is 0 Å². The SMILES string of the molecule is CCCCCCCCCOC(=O)C(CC)CCC(CC)C(=O)OCCCCCCCCC.CCCCCCCCCOC(=O)CCCCCC(CC)C(=O)OCCCCCCCCC.CCCCCCCCCOC(=O)CCCCCCCCC(=O)OCCCCCCCCC. The molecule has 12 heteroatoms. The summed E-state index contributed by atoms with van der Waals surface area (Å²) in [7, 11) is 0. The molecule has 0 saturated heterocycles. The molecule has 0 fully saturated rings. The lowest BCUT2D eigenvalue weighted by atomic mass is 9.92. The van der Waals surface area contributed by atoms with Crippen LogP contribution in [0.15, 0.2) is 0 Å². The molecule has 0 aliphatic heterocycles. The van der Waals surface area contributed by atoms with E-state index in [0.29, 0.717) is 71.7 Å². The van der Waals surface area contributed by atoms with Crippen molar-refractivity contribution in [2.45, 2.75) is 448 Å². The Bertz CT molecular complexity index is 1560. The van der Waals surface area contributed by atoms with Gasteiger partial charge < -0.3 is 28.4 Å². The summed E-state index contributed by atoms with van der Waals surface area (Å²) in [4.78, 5) is 72.4. The fourth-order valence-corrected chi connectivity index (χ4v) is 12.0. The third-order valence-electron chi connectivity index (χ3n) is 18.8. The van der Waals surface area contributed by atoms with Gasteiger partial charge in [0.1, 0.15) is 0 Å². The molecular weight excluding hydrogens is 1200 g/mol. The van der Waals surface area contributed by atoms with E-state index >= 15 is 0 Å². The Morgan fingerprint density at radius 2 is 0.354 bits per heavy atom. The summed E-state index contributed by atoms with van der Waals surface area (Å²) in [5.74, 6) is -0.587. The Morgan fingerprint density at radius 1 is 0.188 bits per heavy atom. The molecule has 0 aromatic carbocycles. The molecule has 3 unspecified atom stereocenters. The van der Waals surface area contributed by atoms with Crippen molar-refractivity contribution < 1.29 is 57.2 Å². The predicted octanol–water partition coefficient (Wildman–Crippen LogP) is 25.7. The number of hydrogen-bond donors (Lipinski definition) is 0. The molecule has 0 bridgehead atoms. The predicted molar refractivity (Wildman–Crippen MR) is 404 cm³/mol. The molecule has 3 atom stereocenters. The first kappa shape index (κ1) is 97.0. The topological polar surface area (TPSA) is 158 Å². The third-order valence-corrected chi connectivity index (χ3v) is 18.8. The molecule has 570 valence electrons. The molecule has 0 aliphatic rings. The van der Waals surface area contributed by atoms with Crippen molar-refractivity contribution in [3.05, 3.63) is 0 Å². The van der Waals surface area contributed by atoms with Gasteiger partial charge in [-0.25, -0.2) is 0 Å². The van der Waals surface area contributed by atoms with Gasteiger partial charge >= 0.3 is 35.8 Å². The van der Waals surface area contributed by atoms with Crippen LogP contribution in [0.2, 0.25) is 0 Å². The molecule has 0 saturated carbocycles. The van der Waals surface area contributed by atoms with E-state index in [1.807, 2.05) is 13.8 Å². The lowest BCUT2D eigenvalue weighted by Gasteiger charge is -2.18. The van der Waals surface area contributed by atoms with Crippen LogP contribution >= 0.6 is 0 Å². The summed E-state index contributed by atoms with van der Waals surface area (Å²) < 4.78 is 32.5. The van der Waals surface area contributed by atoms with Crippen molar-refractivity contribution in [1.82, 2.24) is 0 Å². The third kappa shape index (κ3) is 75.0. The molecular formula is C84H162O12. The number of rotatable bonds is 72. The highest BCUT2D eigenvalue weighted by atomic mass is 16.6. The van der Waals surface area contributed by atoms with Crippen LogP contribution in [0.1, 0.15) is 448 Å². The van der Waals surface area contributed by atoms with Gasteiger partial charge in [0.25, 0.3) is 0 Å². The number of esters is 6. The van der Waals surface area contributed by atoms with Crippen molar-refractivity contribution in [1.29, 1.82) is 0 Å². The van der Waals surface area contributed by atoms with Crippen LogP contribution in [0.5, 0.6) is 0 Å². The van der Waals surface area contributed by atoms with Crippen LogP contribution < -0.4 is 0 Å². The highest BCUT2D eigenvalue weighted by Gasteiger charge is 2.24. The first-order valence-electron chi connectivity index (χ1n) is 41.9. The number of unbranched alkanes of at least 4 members (excludes halogenated alkanes) is 43. The van der Waals surface area contributed by atoms with Gasteiger partial charge in [0, 0.05) is 19.3 Å². The van der Waals surface area contributed by atoms with Gasteiger partial charge in [0.15, 0.2) is 0 Å². The summed E-state index contributed by atoms with van der Waals surface area (Å²) in [5.41, 5.74) is 0. The van der Waals surface area contributed by atoms with Gasteiger partial charge in [0.05, 0.1) is 57.4 Å². The van der Waals surface area contributed by atoms with Gasteiger partial charge in [-0.15, -0.1) is 0 Å². The van der Waals surface area contributed by atoms with E-state index in [-0.39, 0.29) is 53.6 Å². The molecule has 0 radical (unpaired) electrons. The summed E-state index contributed by atoms with van der Waals surface area (Å²) in [6.45, 7) is 22.9. The maximum atomic E-state index is 12.4. The van der Waals surface area contributed by atoms with E-state index in [1.54, 1.807) is 0 Å². The molecule has 12 nitrogen and oxygen atoms in total. The molecule has 0 amide bonds. The fourth-order valence-electron chi connectivity index (χ4n) is 12.0. The van der Waals surface area contributed by atoms with Crippen LogP contribution in [-0.4, -0.2) is 75.5 Å². The highest BCUT2D eigenvalue weighted by molar-refractivity contribution is 5.74. The zero-order chi connectivity index (χ0) is 71.1. The van der Waals surface area contributed by atoms with Gasteiger partial charge in [-0.3, -0.25) is 28.8 Å². The number of carbonyl (C=O) groups is 6. The summed E-state index contributed by atoms with van der Waals surface area (Å²) in [5, 5.41) is 0. The van der Waals surface area contributed by atoms with E-state index in [1.165, 1.54) is 205 Å². The number of hydrogen-bond acceptors (Lipinski definition) is 12. The second kappa shape index (κ2) is 82.5. The largest absolute Gasteiger partial charge is 0.466 e. The van der Waals surface area contributed by atoms with Gasteiger partial charge in [-0.05, 0) is 96.3 Å². The van der Waals surface area contributed by atoms with Crippen molar-refractivity contribution >= 4 is 35.8 Å². The second-order valence-electron chi connectivity index (χ2n) is 28.0. The fraction of sp³-hybridized carbons (Fsp3) is 0.929. The summed E-state index contributed by atoms with van der Waals surface area (Å²) in [6, 6.07) is 0. The number of carbonyl (C=O) groups excluding carboxylic acids is 6. The molecule has 0 aromatic rings. The van der Waals surface area contributed by atoms with Crippen LogP contribution in [0.25, 0.3) is 0 Å². The lowest BCUT2D eigenvalue weighted by molar-refractivity contribution is -0.152. The van der Waals surface area contributed by atoms with Crippen molar-refractivity contribution in [2.24, 2.45) is 17.8 Å². The average molecular weight is 1360 g/mol.